The number of aromatic nitrogens is 2. The number of rotatable bonds is 5. The predicted octanol–water partition coefficient (Wildman–Crippen LogP) is 2.80. The summed E-state index contributed by atoms with van der Waals surface area (Å²) in [6.07, 6.45) is 3.46. The molecule has 120 valence electrons. The van der Waals surface area contributed by atoms with Gasteiger partial charge in [0.15, 0.2) is 4.80 Å². The molecule has 0 aliphatic heterocycles. The van der Waals surface area contributed by atoms with Gasteiger partial charge in [-0.25, -0.2) is 0 Å². The first-order valence-electron chi connectivity index (χ1n) is 6.89. The summed E-state index contributed by atoms with van der Waals surface area (Å²) >= 11 is 3.15. The van der Waals surface area contributed by atoms with Gasteiger partial charge < -0.3 is 13.8 Å². The molecule has 2 aromatic heterocycles. The van der Waals surface area contributed by atoms with Crippen molar-refractivity contribution < 1.29 is 14.1 Å². The fraction of sp³-hybridized carbons (Fsp3) is 0.267. The van der Waals surface area contributed by atoms with Crippen LogP contribution < -0.4 is 4.80 Å². The third-order valence-electron chi connectivity index (χ3n) is 3.25. The summed E-state index contributed by atoms with van der Waals surface area (Å²) < 4.78 is 13.1. The SMILES string of the molecule is COCCn1c(=NC(=O)c2ccno2)sc2cc(SC)ccc21. The molecule has 0 bridgehead atoms. The minimum atomic E-state index is -0.440. The Morgan fingerprint density at radius 3 is 3.04 bits per heavy atom. The first-order chi connectivity index (χ1) is 11.2. The lowest BCUT2D eigenvalue weighted by atomic mass is 10.3. The van der Waals surface area contributed by atoms with E-state index in [1.165, 1.54) is 28.5 Å². The maximum absolute atomic E-state index is 12.2. The van der Waals surface area contributed by atoms with Crippen molar-refractivity contribution in [3.05, 3.63) is 41.0 Å². The smallest absolute Gasteiger partial charge is 0.318 e. The number of nitrogens with zero attached hydrogens (tertiary/aromatic N) is 3. The van der Waals surface area contributed by atoms with E-state index in [4.69, 9.17) is 9.26 Å². The molecule has 3 aromatic rings. The van der Waals surface area contributed by atoms with Gasteiger partial charge in [-0.15, -0.1) is 11.8 Å². The minimum Gasteiger partial charge on any atom is -0.383 e. The van der Waals surface area contributed by atoms with Gasteiger partial charge in [0.1, 0.15) is 0 Å². The molecule has 23 heavy (non-hydrogen) atoms. The van der Waals surface area contributed by atoms with Crippen LogP contribution in [0.4, 0.5) is 0 Å². The van der Waals surface area contributed by atoms with E-state index >= 15 is 0 Å². The monoisotopic (exact) mass is 349 g/mol. The molecule has 0 aliphatic carbocycles. The number of carbonyl (C=O) groups is 1. The summed E-state index contributed by atoms with van der Waals surface area (Å²) in [6, 6.07) is 7.72. The molecular weight excluding hydrogens is 334 g/mol. The van der Waals surface area contributed by atoms with Crippen LogP contribution in [0, 0.1) is 0 Å². The highest BCUT2D eigenvalue weighted by Crippen LogP contribution is 2.24. The summed E-state index contributed by atoms with van der Waals surface area (Å²) in [5.74, 6) is -0.309. The second kappa shape index (κ2) is 7.12. The van der Waals surface area contributed by atoms with E-state index in [0.717, 1.165) is 10.2 Å². The average Bonchev–Trinajstić information content (AvgIpc) is 3.20. The molecule has 6 nitrogen and oxygen atoms in total. The van der Waals surface area contributed by atoms with E-state index in [0.29, 0.717) is 18.0 Å². The molecule has 0 N–H and O–H groups in total. The molecule has 0 radical (unpaired) electrons. The fourth-order valence-electron chi connectivity index (χ4n) is 2.13. The Morgan fingerprint density at radius 2 is 2.35 bits per heavy atom. The Hall–Kier alpha value is -1.90. The lowest BCUT2D eigenvalue weighted by molar-refractivity contribution is 0.0962. The van der Waals surface area contributed by atoms with E-state index in [-0.39, 0.29) is 5.76 Å². The lowest BCUT2D eigenvalue weighted by Gasteiger charge is -2.04. The van der Waals surface area contributed by atoms with Crippen molar-refractivity contribution in [1.82, 2.24) is 9.72 Å². The molecule has 1 amide bonds. The Labute approximate surface area is 140 Å². The number of ether oxygens (including phenoxy) is 1. The van der Waals surface area contributed by atoms with Crippen LogP contribution >= 0.6 is 23.1 Å². The van der Waals surface area contributed by atoms with E-state index in [9.17, 15) is 4.79 Å². The van der Waals surface area contributed by atoms with Crippen molar-refractivity contribution in [3.63, 3.8) is 0 Å². The predicted molar refractivity (Wildman–Crippen MR) is 89.9 cm³/mol. The van der Waals surface area contributed by atoms with E-state index in [1.807, 2.05) is 16.9 Å². The molecular formula is C15H15N3O3S2. The van der Waals surface area contributed by atoms with Crippen LogP contribution in [0.5, 0.6) is 0 Å². The van der Waals surface area contributed by atoms with Crippen LogP contribution in [-0.2, 0) is 11.3 Å². The largest absolute Gasteiger partial charge is 0.383 e. The van der Waals surface area contributed by atoms with Gasteiger partial charge in [-0.05, 0) is 24.5 Å². The van der Waals surface area contributed by atoms with Gasteiger partial charge in [0.2, 0.25) is 5.76 Å². The Morgan fingerprint density at radius 1 is 1.48 bits per heavy atom. The third-order valence-corrected chi connectivity index (χ3v) is 5.02. The molecule has 1 aromatic carbocycles. The zero-order valence-electron chi connectivity index (χ0n) is 12.7. The molecule has 8 heteroatoms. The van der Waals surface area contributed by atoms with Gasteiger partial charge in [0.25, 0.3) is 0 Å². The molecule has 2 heterocycles. The molecule has 0 aliphatic rings. The highest BCUT2D eigenvalue weighted by molar-refractivity contribution is 7.98. The number of hydrogen-bond acceptors (Lipinski definition) is 6. The summed E-state index contributed by atoms with van der Waals surface area (Å²) in [5, 5.41) is 3.54. The van der Waals surface area contributed by atoms with Crippen LogP contribution in [0.1, 0.15) is 10.6 Å². The highest BCUT2D eigenvalue weighted by Gasteiger charge is 2.12. The number of hydrogen-bond donors (Lipinski definition) is 0. The van der Waals surface area contributed by atoms with Crippen molar-refractivity contribution in [2.45, 2.75) is 11.4 Å². The summed E-state index contributed by atoms with van der Waals surface area (Å²) in [5.41, 5.74) is 1.04. The first kappa shape index (κ1) is 16.0. The Kier molecular flexibility index (Phi) is 4.94. The quantitative estimate of drug-likeness (QED) is 0.663. The second-order valence-corrected chi connectivity index (χ2v) is 6.55. The van der Waals surface area contributed by atoms with E-state index in [1.54, 1.807) is 18.9 Å². The van der Waals surface area contributed by atoms with Crippen molar-refractivity contribution in [2.24, 2.45) is 4.99 Å². The molecule has 0 fully saturated rings. The molecule has 0 unspecified atom stereocenters. The normalized spacial score (nSPS) is 12.2. The van der Waals surface area contributed by atoms with Crippen molar-refractivity contribution in [3.8, 4) is 0 Å². The number of fused-ring (bicyclic) bond motifs is 1. The molecule has 3 rings (SSSR count). The molecule has 0 atom stereocenters. The number of methoxy groups -OCH3 is 1. The van der Waals surface area contributed by atoms with Crippen molar-refractivity contribution >= 4 is 39.2 Å². The zero-order valence-corrected chi connectivity index (χ0v) is 14.3. The summed E-state index contributed by atoms with van der Waals surface area (Å²) in [7, 11) is 1.65. The first-order valence-corrected chi connectivity index (χ1v) is 8.93. The number of thiazole rings is 1. The average molecular weight is 349 g/mol. The Bertz CT molecular complexity index is 881. The maximum atomic E-state index is 12.2. The fourth-order valence-corrected chi connectivity index (χ4v) is 3.74. The van der Waals surface area contributed by atoms with Crippen molar-refractivity contribution in [2.75, 3.05) is 20.0 Å². The van der Waals surface area contributed by atoms with Gasteiger partial charge in [-0.3, -0.25) is 4.79 Å². The van der Waals surface area contributed by atoms with Gasteiger partial charge in [0.05, 0.1) is 23.0 Å². The number of thioether (sulfide) groups is 1. The minimum absolute atomic E-state index is 0.130. The molecule has 0 spiro atoms. The maximum Gasteiger partial charge on any atom is 0.318 e. The van der Waals surface area contributed by atoms with Crippen LogP contribution in [0.15, 0.2) is 44.9 Å². The number of carbonyl (C=O) groups excluding carboxylic acids is 1. The van der Waals surface area contributed by atoms with Crippen molar-refractivity contribution in [1.29, 1.82) is 0 Å². The summed E-state index contributed by atoms with van der Waals surface area (Å²) in [4.78, 5) is 18.1. The van der Waals surface area contributed by atoms with Gasteiger partial charge >= 0.3 is 5.91 Å². The highest BCUT2D eigenvalue weighted by atomic mass is 32.2. The Balaban J connectivity index is 2.11. The van der Waals surface area contributed by atoms with E-state index in [2.05, 4.69) is 22.3 Å². The topological polar surface area (TPSA) is 69.6 Å². The van der Waals surface area contributed by atoms with Gasteiger partial charge in [-0.1, -0.05) is 16.5 Å². The standard InChI is InChI=1S/C15H15N3O3S2/c1-20-8-7-18-11-4-3-10(22-2)9-13(11)23-15(18)17-14(19)12-5-6-16-21-12/h3-6,9H,7-8H2,1-2H3. The van der Waals surface area contributed by atoms with Crippen LogP contribution in [-0.4, -0.2) is 35.6 Å². The van der Waals surface area contributed by atoms with Crippen LogP contribution in [0.2, 0.25) is 0 Å². The summed E-state index contributed by atoms with van der Waals surface area (Å²) in [6.45, 7) is 1.16. The third kappa shape index (κ3) is 3.39. The van der Waals surface area contributed by atoms with Crippen LogP contribution in [0.3, 0.4) is 0 Å². The van der Waals surface area contributed by atoms with Crippen LogP contribution in [0.25, 0.3) is 10.2 Å². The molecule has 0 saturated carbocycles. The van der Waals surface area contributed by atoms with Gasteiger partial charge in [-0.2, -0.15) is 4.99 Å². The van der Waals surface area contributed by atoms with Gasteiger partial charge in [0, 0.05) is 24.6 Å². The zero-order chi connectivity index (χ0) is 16.2. The number of benzene rings is 1. The second-order valence-electron chi connectivity index (χ2n) is 4.66. The molecule has 0 saturated heterocycles. The van der Waals surface area contributed by atoms with E-state index < -0.39 is 5.91 Å². The lowest BCUT2D eigenvalue weighted by Crippen LogP contribution is -2.19. The number of amides is 1.